The van der Waals surface area contributed by atoms with E-state index in [4.69, 9.17) is 23.7 Å². The average Bonchev–Trinajstić information content (AvgIpc) is 3.41. The third-order valence-electron chi connectivity index (χ3n) is 12.2. The third-order valence-corrected chi connectivity index (χ3v) is 12.2. The lowest BCUT2D eigenvalue weighted by atomic mass is 9.94. The van der Waals surface area contributed by atoms with Gasteiger partial charge in [-0.1, -0.05) is 208 Å². The maximum atomic E-state index is 6.97. The molecule has 0 amide bonds. The summed E-state index contributed by atoms with van der Waals surface area (Å²) < 4.78 is 33.0. The van der Waals surface area contributed by atoms with Crippen molar-refractivity contribution in [2.75, 3.05) is 0 Å². The third kappa shape index (κ3) is 13.8. The van der Waals surface area contributed by atoms with E-state index in [2.05, 4.69) is 143 Å². The van der Waals surface area contributed by atoms with E-state index in [-0.39, 0.29) is 0 Å². The molecular formula is C66H60O5. The van der Waals surface area contributed by atoms with E-state index in [1.807, 2.05) is 97.1 Å². The molecule has 5 heteroatoms. The minimum atomic E-state index is 0.373. The van der Waals surface area contributed by atoms with Gasteiger partial charge in [-0.3, -0.25) is 0 Å². The summed E-state index contributed by atoms with van der Waals surface area (Å²) in [7, 11) is 0. The Morgan fingerprint density at radius 2 is 0.662 bits per heavy atom. The molecule has 0 saturated heterocycles. The molecule has 71 heavy (non-hydrogen) atoms. The number of rotatable bonds is 24. The molecule has 0 heterocycles. The summed E-state index contributed by atoms with van der Waals surface area (Å²) in [6.45, 7) is 23.6. The van der Waals surface area contributed by atoms with Crippen molar-refractivity contribution in [2.24, 2.45) is 0 Å². The monoisotopic (exact) mass is 932 g/mol. The molecule has 0 N–H and O–H groups in total. The van der Waals surface area contributed by atoms with Crippen molar-refractivity contribution >= 4 is 30.4 Å². The second-order valence-corrected chi connectivity index (χ2v) is 17.5. The molecule has 0 aliphatic rings. The molecule has 0 unspecified atom stereocenters. The van der Waals surface area contributed by atoms with Crippen molar-refractivity contribution in [1.82, 2.24) is 0 Å². The Bertz CT molecular complexity index is 3020. The molecule has 0 saturated carbocycles. The summed E-state index contributed by atoms with van der Waals surface area (Å²) in [6.07, 6.45) is 10.3. The van der Waals surface area contributed by atoms with E-state index >= 15 is 0 Å². The number of hydrogen-bond acceptors (Lipinski definition) is 5. The maximum absolute atomic E-state index is 6.97. The van der Waals surface area contributed by atoms with E-state index in [0.717, 1.165) is 95.0 Å². The van der Waals surface area contributed by atoms with Crippen LogP contribution in [0.15, 0.2) is 203 Å². The van der Waals surface area contributed by atoms with Crippen LogP contribution in [0.2, 0.25) is 0 Å². The van der Waals surface area contributed by atoms with Gasteiger partial charge in [-0.25, -0.2) is 0 Å². The normalized spacial score (nSPS) is 10.7. The van der Waals surface area contributed by atoms with Crippen LogP contribution in [-0.4, -0.2) is 0 Å². The Morgan fingerprint density at radius 3 is 1.06 bits per heavy atom. The molecule has 0 spiro atoms. The molecule has 354 valence electrons. The van der Waals surface area contributed by atoms with Crippen LogP contribution in [0, 0.1) is 6.92 Å². The molecule has 0 aliphatic carbocycles. The summed E-state index contributed by atoms with van der Waals surface area (Å²) >= 11 is 0. The van der Waals surface area contributed by atoms with Gasteiger partial charge in [0.2, 0.25) is 0 Å². The van der Waals surface area contributed by atoms with Gasteiger partial charge in [0.25, 0.3) is 0 Å². The van der Waals surface area contributed by atoms with Crippen LogP contribution in [-0.2, 0) is 45.9 Å². The fraction of sp³-hybridized carbons (Fsp3) is 0.121. The SMILES string of the molecule is C=Cc1ccc(COc2cc(Cc3cc(C)cc(Cc4ccc(OCc5ccc(C=C)cc5)cc4OCc4ccc(C=C)cc4)c3OCc3ccc(C=C)cc3)cc(OCc3ccc(C=C)cc3)c2)cc1. The molecule has 8 aromatic carbocycles. The Morgan fingerprint density at radius 1 is 0.310 bits per heavy atom. The van der Waals surface area contributed by atoms with Crippen molar-refractivity contribution in [3.63, 3.8) is 0 Å². The standard InChI is InChI=1S/C66H60O5/c1-7-48-12-22-53(23-13-48)42-67-62-33-32-59(65(41-62)70-45-56-28-18-51(10-4)19-29-56)39-61-35-47(6)34-60(66(61)71-46-57-30-20-52(11-5)21-31-57)36-58-37-63(68-43-54-24-14-49(8-2)15-25-54)40-64(38-58)69-44-55-26-16-50(9-3)17-27-55/h7-35,37-38,40-41H,1-5,36,39,42-46H2,6H3. The van der Waals surface area contributed by atoms with Crippen LogP contribution < -0.4 is 23.7 Å². The second-order valence-electron chi connectivity index (χ2n) is 17.5. The zero-order valence-electron chi connectivity index (χ0n) is 40.6. The van der Waals surface area contributed by atoms with Crippen LogP contribution in [0.1, 0.15) is 83.5 Å². The van der Waals surface area contributed by atoms with Gasteiger partial charge < -0.3 is 23.7 Å². The fourth-order valence-electron chi connectivity index (χ4n) is 8.17. The van der Waals surface area contributed by atoms with Gasteiger partial charge in [-0.2, -0.15) is 0 Å². The summed E-state index contributed by atoms with van der Waals surface area (Å²) in [4.78, 5) is 0. The van der Waals surface area contributed by atoms with Gasteiger partial charge in [-0.15, -0.1) is 0 Å². The van der Waals surface area contributed by atoms with Crippen molar-refractivity contribution in [3.05, 3.63) is 286 Å². The van der Waals surface area contributed by atoms with Crippen LogP contribution in [0.3, 0.4) is 0 Å². The fourth-order valence-corrected chi connectivity index (χ4v) is 8.17. The summed E-state index contributed by atoms with van der Waals surface area (Å²) in [6, 6.07) is 57.9. The molecule has 8 rings (SSSR count). The van der Waals surface area contributed by atoms with Crippen LogP contribution in [0.4, 0.5) is 0 Å². The lowest BCUT2D eigenvalue weighted by Gasteiger charge is -2.20. The molecule has 0 aliphatic heterocycles. The first-order valence-electron chi connectivity index (χ1n) is 23.9. The van der Waals surface area contributed by atoms with Crippen molar-refractivity contribution in [3.8, 4) is 28.7 Å². The first-order chi connectivity index (χ1) is 34.8. The van der Waals surface area contributed by atoms with E-state index in [1.165, 1.54) is 0 Å². The molecule has 0 radical (unpaired) electrons. The van der Waals surface area contributed by atoms with E-state index in [0.29, 0.717) is 63.1 Å². The first-order valence-corrected chi connectivity index (χ1v) is 23.9. The smallest absolute Gasteiger partial charge is 0.127 e. The van der Waals surface area contributed by atoms with Crippen LogP contribution in [0.25, 0.3) is 30.4 Å². The zero-order valence-corrected chi connectivity index (χ0v) is 40.6. The Hall–Kier alpha value is -8.54. The Balaban J connectivity index is 1.14. The van der Waals surface area contributed by atoms with Gasteiger partial charge in [-0.05, 0) is 103 Å². The van der Waals surface area contributed by atoms with E-state index in [9.17, 15) is 0 Å². The largest absolute Gasteiger partial charge is 0.489 e. The Labute approximate surface area is 420 Å². The van der Waals surface area contributed by atoms with E-state index in [1.54, 1.807) is 0 Å². The van der Waals surface area contributed by atoms with Crippen molar-refractivity contribution < 1.29 is 23.7 Å². The van der Waals surface area contributed by atoms with Gasteiger partial charge >= 0.3 is 0 Å². The number of ether oxygens (including phenoxy) is 5. The topological polar surface area (TPSA) is 46.2 Å². The van der Waals surface area contributed by atoms with Crippen molar-refractivity contribution in [1.29, 1.82) is 0 Å². The van der Waals surface area contributed by atoms with E-state index < -0.39 is 0 Å². The highest BCUT2D eigenvalue weighted by Gasteiger charge is 2.18. The predicted molar refractivity (Wildman–Crippen MR) is 294 cm³/mol. The highest BCUT2D eigenvalue weighted by Crippen LogP contribution is 2.36. The van der Waals surface area contributed by atoms with Gasteiger partial charge in [0, 0.05) is 25.0 Å². The predicted octanol–water partition coefficient (Wildman–Crippen LogP) is 16.3. The summed E-state index contributed by atoms with van der Waals surface area (Å²) in [5, 5.41) is 0. The molecule has 0 fully saturated rings. The van der Waals surface area contributed by atoms with Crippen molar-refractivity contribution in [2.45, 2.75) is 52.8 Å². The number of hydrogen-bond donors (Lipinski definition) is 0. The molecule has 0 bridgehead atoms. The Kier molecular flexibility index (Phi) is 16.6. The molecule has 0 aromatic heterocycles. The lowest BCUT2D eigenvalue weighted by Crippen LogP contribution is -2.06. The number of aryl methyl sites for hydroxylation is 1. The summed E-state index contributed by atoms with van der Waals surface area (Å²) in [5.74, 6) is 3.68. The molecule has 8 aromatic rings. The minimum absolute atomic E-state index is 0.373. The van der Waals surface area contributed by atoms with Gasteiger partial charge in [0.05, 0.1) is 0 Å². The first kappa shape index (κ1) is 48.9. The zero-order chi connectivity index (χ0) is 49.4. The second kappa shape index (κ2) is 24.1. The maximum Gasteiger partial charge on any atom is 0.127 e. The summed E-state index contributed by atoms with van der Waals surface area (Å²) in [5.41, 5.74) is 15.8. The highest BCUT2D eigenvalue weighted by molar-refractivity contribution is 5.54. The molecule has 5 nitrogen and oxygen atoms in total. The number of benzene rings is 8. The minimum Gasteiger partial charge on any atom is -0.489 e. The molecular weight excluding hydrogens is 873 g/mol. The van der Waals surface area contributed by atoms with Gasteiger partial charge in [0.1, 0.15) is 61.8 Å². The quantitative estimate of drug-likeness (QED) is 0.0604. The van der Waals surface area contributed by atoms with Gasteiger partial charge in [0.15, 0.2) is 0 Å². The van der Waals surface area contributed by atoms with Crippen LogP contribution in [0.5, 0.6) is 28.7 Å². The van der Waals surface area contributed by atoms with Crippen LogP contribution >= 0.6 is 0 Å². The lowest BCUT2D eigenvalue weighted by molar-refractivity contribution is 0.287. The average molecular weight is 933 g/mol. The highest BCUT2D eigenvalue weighted by atomic mass is 16.5. The molecule has 0 atom stereocenters.